The first kappa shape index (κ1) is 17.5. The van der Waals surface area contributed by atoms with Crippen LogP contribution in [-0.4, -0.2) is 11.9 Å². The van der Waals surface area contributed by atoms with Crippen molar-refractivity contribution in [3.05, 3.63) is 89.4 Å². The van der Waals surface area contributed by atoms with Crippen LogP contribution in [-0.2, 0) is 0 Å². The molecule has 0 aliphatic carbocycles. The van der Waals surface area contributed by atoms with E-state index >= 15 is 0 Å². The van der Waals surface area contributed by atoms with Gasteiger partial charge in [0.05, 0.1) is 0 Å². The number of nitrogens with zero attached hydrogens (tertiary/aromatic N) is 3. The predicted octanol–water partition coefficient (Wildman–Crippen LogP) is 4.79. The summed E-state index contributed by atoms with van der Waals surface area (Å²) < 4.78 is 0. The lowest BCUT2D eigenvalue weighted by Gasteiger charge is -2.34. The van der Waals surface area contributed by atoms with Gasteiger partial charge >= 0.3 is 0 Å². The molecule has 4 aromatic rings. The van der Waals surface area contributed by atoms with Crippen molar-refractivity contribution >= 4 is 50.8 Å². The Hall–Kier alpha value is -3.57. The monoisotopic (exact) mass is 399 g/mol. The van der Waals surface area contributed by atoms with E-state index in [0.29, 0.717) is 5.02 Å². The summed E-state index contributed by atoms with van der Waals surface area (Å²) >= 11 is 6.26. The van der Waals surface area contributed by atoms with E-state index in [1.165, 1.54) is 0 Å². The molecular formula is C23H18ClN5. The van der Waals surface area contributed by atoms with E-state index in [2.05, 4.69) is 35.3 Å². The van der Waals surface area contributed by atoms with Crippen molar-refractivity contribution in [3.8, 4) is 0 Å². The van der Waals surface area contributed by atoms with Gasteiger partial charge in [-0.3, -0.25) is 4.90 Å². The van der Waals surface area contributed by atoms with Crippen molar-refractivity contribution in [3.63, 3.8) is 0 Å². The van der Waals surface area contributed by atoms with Crippen molar-refractivity contribution in [2.75, 3.05) is 4.90 Å². The van der Waals surface area contributed by atoms with E-state index in [1.54, 1.807) is 0 Å². The highest BCUT2D eigenvalue weighted by Gasteiger charge is 2.30. The fraction of sp³-hybridized carbons (Fsp3) is 0.0435. The Morgan fingerprint density at radius 3 is 2.10 bits per heavy atom. The molecular weight excluding hydrogens is 382 g/mol. The van der Waals surface area contributed by atoms with Crippen LogP contribution in [0.2, 0.25) is 5.02 Å². The molecule has 1 heterocycles. The predicted molar refractivity (Wildman–Crippen MR) is 121 cm³/mol. The minimum absolute atomic E-state index is 0.155. The highest BCUT2D eigenvalue weighted by molar-refractivity contribution is 6.31. The molecule has 0 saturated carbocycles. The normalized spacial score (nSPS) is 16.7. The first-order valence-electron chi connectivity index (χ1n) is 9.24. The Kier molecular flexibility index (Phi) is 4.11. The summed E-state index contributed by atoms with van der Waals surface area (Å²) in [6.45, 7) is 0. The zero-order chi connectivity index (χ0) is 20.0. The van der Waals surface area contributed by atoms with Crippen molar-refractivity contribution in [1.82, 2.24) is 0 Å². The molecule has 29 heavy (non-hydrogen) atoms. The molecule has 5 rings (SSSR count). The third kappa shape index (κ3) is 2.96. The second kappa shape index (κ2) is 6.79. The summed E-state index contributed by atoms with van der Waals surface area (Å²) in [6.07, 6.45) is -0.470. The third-order valence-corrected chi connectivity index (χ3v) is 5.37. The van der Waals surface area contributed by atoms with Gasteiger partial charge in [-0.05, 0) is 45.8 Å². The number of anilines is 1. The highest BCUT2D eigenvalue weighted by atomic mass is 35.5. The lowest BCUT2D eigenvalue weighted by molar-refractivity contribution is 0.748. The fourth-order valence-corrected chi connectivity index (χ4v) is 4.11. The molecule has 0 bridgehead atoms. The summed E-state index contributed by atoms with van der Waals surface area (Å²) in [5, 5.41) is 5.05. The maximum Gasteiger partial charge on any atom is 0.221 e. The van der Waals surface area contributed by atoms with Gasteiger partial charge in [0, 0.05) is 16.3 Å². The van der Waals surface area contributed by atoms with Crippen molar-refractivity contribution < 1.29 is 0 Å². The van der Waals surface area contributed by atoms with E-state index in [0.717, 1.165) is 32.8 Å². The molecule has 1 atom stereocenters. The van der Waals surface area contributed by atoms with Crippen molar-refractivity contribution in [2.24, 2.45) is 21.5 Å². The summed E-state index contributed by atoms with van der Waals surface area (Å²) in [4.78, 5) is 10.8. The molecule has 0 fully saturated rings. The van der Waals surface area contributed by atoms with E-state index in [4.69, 9.17) is 28.1 Å². The first-order valence-corrected chi connectivity index (χ1v) is 9.62. The quantitative estimate of drug-likeness (QED) is 0.475. The SMILES string of the molecule is NC1=NC(c2c3ccccc3cc3ccccc23)N(c2cccc(Cl)c2)C(N)=N1. The number of aliphatic imine (C=N–C) groups is 2. The van der Waals surface area contributed by atoms with Gasteiger partial charge in [-0.2, -0.15) is 4.99 Å². The third-order valence-electron chi connectivity index (χ3n) is 5.13. The van der Waals surface area contributed by atoms with Gasteiger partial charge in [0.25, 0.3) is 0 Å². The Morgan fingerprint density at radius 2 is 1.45 bits per heavy atom. The maximum absolute atomic E-state index is 6.34. The van der Waals surface area contributed by atoms with E-state index in [-0.39, 0.29) is 11.9 Å². The van der Waals surface area contributed by atoms with E-state index < -0.39 is 6.17 Å². The number of guanidine groups is 2. The second-order valence-corrected chi connectivity index (χ2v) is 7.35. The molecule has 0 amide bonds. The standard InChI is InChI=1S/C23H18ClN5/c24-16-8-5-9-17(13-16)29-21(27-22(25)28-23(29)26)20-18-10-3-1-6-14(18)12-15-7-2-4-11-19(15)20/h1-13,21H,(H4,25,26,27,28). The smallest absolute Gasteiger partial charge is 0.221 e. The Bertz CT molecular complexity index is 1260. The molecule has 1 aliphatic heterocycles. The van der Waals surface area contributed by atoms with Crippen LogP contribution in [0, 0.1) is 0 Å². The number of nitrogens with two attached hydrogens (primary N) is 2. The van der Waals surface area contributed by atoms with Crippen LogP contribution >= 0.6 is 11.6 Å². The molecule has 1 unspecified atom stereocenters. The van der Waals surface area contributed by atoms with Crippen LogP contribution in [0.25, 0.3) is 21.5 Å². The highest BCUT2D eigenvalue weighted by Crippen LogP contribution is 2.39. The molecule has 0 saturated heterocycles. The molecule has 4 aromatic carbocycles. The number of hydrogen-bond acceptors (Lipinski definition) is 5. The average Bonchev–Trinajstić information content (AvgIpc) is 2.71. The zero-order valence-corrected chi connectivity index (χ0v) is 16.2. The number of hydrogen-bond donors (Lipinski definition) is 2. The van der Waals surface area contributed by atoms with Gasteiger partial charge in [-0.15, -0.1) is 0 Å². The van der Waals surface area contributed by atoms with Gasteiger partial charge in [0.2, 0.25) is 11.9 Å². The van der Waals surface area contributed by atoms with Gasteiger partial charge in [0.1, 0.15) is 0 Å². The summed E-state index contributed by atoms with van der Waals surface area (Å²) in [5.41, 5.74) is 14.2. The van der Waals surface area contributed by atoms with Crippen LogP contribution in [0.1, 0.15) is 11.7 Å². The van der Waals surface area contributed by atoms with Gasteiger partial charge in [-0.25, -0.2) is 4.99 Å². The number of benzene rings is 4. The first-order chi connectivity index (χ1) is 14.1. The Balaban J connectivity index is 1.84. The fourth-order valence-electron chi connectivity index (χ4n) is 3.93. The summed E-state index contributed by atoms with van der Waals surface area (Å²) in [5.74, 6) is 0.435. The molecule has 0 radical (unpaired) electrons. The van der Waals surface area contributed by atoms with Crippen molar-refractivity contribution in [2.45, 2.75) is 6.17 Å². The molecule has 1 aliphatic rings. The largest absolute Gasteiger partial charge is 0.369 e. The van der Waals surface area contributed by atoms with Crippen LogP contribution < -0.4 is 16.4 Å². The second-order valence-electron chi connectivity index (χ2n) is 6.91. The van der Waals surface area contributed by atoms with Gasteiger partial charge < -0.3 is 11.5 Å². The van der Waals surface area contributed by atoms with Crippen LogP contribution in [0.4, 0.5) is 5.69 Å². The zero-order valence-electron chi connectivity index (χ0n) is 15.5. The Labute approximate surface area is 172 Å². The lowest BCUT2D eigenvalue weighted by atomic mass is 9.94. The Morgan fingerprint density at radius 1 is 0.793 bits per heavy atom. The van der Waals surface area contributed by atoms with Crippen LogP contribution in [0.15, 0.2) is 88.8 Å². The minimum atomic E-state index is -0.470. The van der Waals surface area contributed by atoms with Crippen LogP contribution in [0.5, 0.6) is 0 Å². The van der Waals surface area contributed by atoms with E-state index in [9.17, 15) is 0 Å². The number of halogens is 1. The van der Waals surface area contributed by atoms with E-state index in [1.807, 2.05) is 53.4 Å². The summed E-state index contributed by atoms with van der Waals surface area (Å²) in [7, 11) is 0. The molecule has 5 nitrogen and oxygen atoms in total. The average molecular weight is 400 g/mol. The minimum Gasteiger partial charge on any atom is -0.369 e. The molecule has 6 heteroatoms. The van der Waals surface area contributed by atoms with Crippen LogP contribution in [0.3, 0.4) is 0 Å². The van der Waals surface area contributed by atoms with Gasteiger partial charge in [-0.1, -0.05) is 66.2 Å². The summed E-state index contributed by atoms with van der Waals surface area (Å²) in [6, 6.07) is 26.2. The van der Waals surface area contributed by atoms with Gasteiger partial charge in [0.15, 0.2) is 6.17 Å². The lowest BCUT2D eigenvalue weighted by Crippen LogP contribution is -2.44. The topological polar surface area (TPSA) is 80.0 Å². The molecule has 0 aromatic heterocycles. The number of fused-ring (bicyclic) bond motifs is 2. The van der Waals surface area contributed by atoms with Crippen molar-refractivity contribution in [1.29, 1.82) is 0 Å². The molecule has 4 N–H and O–H groups in total. The number of rotatable bonds is 2. The molecule has 142 valence electrons. The molecule has 0 spiro atoms. The maximum atomic E-state index is 6.34.